The minimum absolute atomic E-state index is 0.131. The molecular weight excluding hydrogens is 522 g/mol. The van der Waals surface area contributed by atoms with E-state index in [2.05, 4.69) is 9.80 Å². The van der Waals surface area contributed by atoms with Crippen LogP contribution in [0.25, 0.3) is 0 Å². The first-order chi connectivity index (χ1) is 20.0. The summed E-state index contributed by atoms with van der Waals surface area (Å²) in [4.78, 5) is 32.9. The molecule has 6 nitrogen and oxygen atoms in total. The highest BCUT2D eigenvalue weighted by Crippen LogP contribution is 2.48. The van der Waals surface area contributed by atoms with Crippen LogP contribution in [0, 0.1) is 11.6 Å². The third-order valence-electron chi connectivity index (χ3n) is 8.71. The van der Waals surface area contributed by atoms with Gasteiger partial charge < -0.3 is 14.7 Å². The number of unbranched alkanes of at least 4 members (excludes halogenated alkanes) is 3. The molecule has 0 aromatic heterocycles. The van der Waals surface area contributed by atoms with Gasteiger partial charge in [0.2, 0.25) is 0 Å². The molecule has 6 rings (SSSR count). The molecule has 3 aliphatic heterocycles. The van der Waals surface area contributed by atoms with E-state index in [-0.39, 0.29) is 42.1 Å². The maximum atomic E-state index is 14.3. The van der Waals surface area contributed by atoms with Crippen molar-refractivity contribution in [2.75, 3.05) is 37.6 Å². The summed E-state index contributed by atoms with van der Waals surface area (Å²) in [5.41, 5.74) is 3.96. The van der Waals surface area contributed by atoms with E-state index in [0.29, 0.717) is 13.1 Å². The lowest BCUT2D eigenvalue weighted by Gasteiger charge is -2.39. The number of carbonyl (C=O) groups is 2. The summed E-state index contributed by atoms with van der Waals surface area (Å²) in [6.45, 7) is 3.92. The second-order valence-electron chi connectivity index (χ2n) is 11.4. The lowest BCUT2D eigenvalue weighted by Crippen LogP contribution is -2.45. The normalized spacial score (nSPS) is 20.6. The molecule has 0 N–H and O–H groups in total. The fourth-order valence-corrected chi connectivity index (χ4v) is 6.66. The summed E-state index contributed by atoms with van der Waals surface area (Å²) in [6, 6.07) is 21.3. The van der Waals surface area contributed by atoms with E-state index in [1.165, 1.54) is 23.1 Å². The first-order valence-electron chi connectivity index (χ1n) is 14.7. The van der Waals surface area contributed by atoms with Crippen molar-refractivity contribution in [3.8, 4) is 0 Å². The maximum absolute atomic E-state index is 14.3. The zero-order valence-corrected chi connectivity index (χ0v) is 23.2. The van der Waals surface area contributed by atoms with Crippen LogP contribution in [0.15, 0.2) is 72.8 Å². The average Bonchev–Trinajstić information content (AvgIpc) is 3.44. The molecule has 0 radical (unpaired) electrons. The van der Waals surface area contributed by atoms with E-state index >= 15 is 0 Å². The lowest BCUT2D eigenvalue weighted by atomic mass is 9.88. The molecule has 0 saturated carbocycles. The van der Waals surface area contributed by atoms with Crippen LogP contribution in [0.3, 0.4) is 0 Å². The molecule has 2 atom stereocenters. The maximum Gasteiger partial charge on any atom is 0.327 e. The van der Waals surface area contributed by atoms with Crippen molar-refractivity contribution in [3.63, 3.8) is 0 Å². The van der Waals surface area contributed by atoms with Crippen molar-refractivity contribution in [2.45, 2.75) is 50.6 Å². The molecule has 214 valence electrons. The predicted octanol–water partition coefficient (Wildman–Crippen LogP) is 6.30. The number of amides is 3. The number of hydrogen-bond donors (Lipinski definition) is 0. The molecule has 3 aromatic rings. The zero-order valence-electron chi connectivity index (χ0n) is 23.2. The van der Waals surface area contributed by atoms with Gasteiger partial charge in [-0.3, -0.25) is 9.69 Å². The van der Waals surface area contributed by atoms with Gasteiger partial charge in [0.1, 0.15) is 18.2 Å². The highest BCUT2D eigenvalue weighted by Gasteiger charge is 2.42. The molecule has 3 aromatic carbocycles. The molecule has 2 fully saturated rings. The highest BCUT2D eigenvalue weighted by molar-refractivity contribution is 6.01. The number of rotatable bonds is 10. The van der Waals surface area contributed by atoms with Crippen LogP contribution >= 0.6 is 0 Å². The summed E-state index contributed by atoms with van der Waals surface area (Å²) in [5.74, 6) is -0.406. The van der Waals surface area contributed by atoms with E-state index in [9.17, 15) is 18.4 Å². The van der Waals surface area contributed by atoms with Gasteiger partial charge >= 0.3 is 6.03 Å². The number of anilines is 2. The Labute approximate surface area is 240 Å². The molecular formula is C33H36F2N4O2. The quantitative estimate of drug-likeness (QED) is 0.217. The minimum atomic E-state index is -0.260. The molecule has 8 heteroatoms. The van der Waals surface area contributed by atoms with Gasteiger partial charge in [-0.15, -0.1) is 0 Å². The van der Waals surface area contributed by atoms with Gasteiger partial charge in [0.15, 0.2) is 0 Å². The Kier molecular flexibility index (Phi) is 8.01. The molecule has 2 unspecified atom stereocenters. The number of nitrogens with zero attached hydrogens (tertiary/aromatic N) is 4. The Hall–Kier alpha value is -3.78. The van der Waals surface area contributed by atoms with Gasteiger partial charge in [0.05, 0.1) is 6.54 Å². The van der Waals surface area contributed by atoms with Crippen molar-refractivity contribution in [1.82, 2.24) is 14.7 Å². The number of fused-ring (bicyclic) bond motifs is 3. The van der Waals surface area contributed by atoms with Crippen LogP contribution in [0.5, 0.6) is 0 Å². The Balaban J connectivity index is 0.967. The zero-order chi connectivity index (χ0) is 28.3. The molecule has 0 aliphatic carbocycles. The Morgan fingerprint density at radius 1 is 0.805 bits per heavy atom. The topological polar surface area (TPSA) is 47.1 Å². The minimum Gasteiger partial charge on any atom is -0.337 e. The second-order valence-corrected chi connectivity index (χ2v) is 11.4. The number of halogens is 2. The van der Waals surface area contributed by atoms with Crippen LogP contribution in [-0.4, -0.2) is 65.4 Å². The second kappa shape index (κ2) is 12.0. The van der Waals surface area contributed by atoms with Gasteiger partial charge in [-0.2, -0.15) is 0 Å². The Morgan fingerprint density at radius 2 is 1.54 bits per heavy atom. The largest absolute Gasteiger partial charge is 0.337 e. The summed E-state index contributed by atoms with van der Waals surface area (Å²) >= 11 is 0. The van der Waals surface area contributed by atoms with Crippen molar-refractivity contribution >= 4 is 23.3 Å². The summed E-state index contributed by atoms with van der Waals surface area (Å²) in [5, 5.41) is 0. The van der Waals surface area contributed by atoms with Crippen LogP contribution < -0.4 is 4.90 Å². The van der Waals surface area contributed by atoms with Gasteiger partial charge in [-0.25, -0.2) is 13.6 Å². The molecule has 0 bridgehead atoms. The first kappa shape index (κ1) is 27.4. The summed E-state index contributed by atoms with van der Waals surface area (Å²) in [6.07, 6.45) is 4.96. The molecule has 41 heavy (non-hydrogen) atoms. The molecule has 3 heterocycles. The number of carbonyl (C=O) groups excluding carboxylic acids is 2. The fraction of sp³-hybridized carbons (Fsp3) is 0.394. The van der Waals surface area contributed by atoms with E-state index < -0.39 is 0 Å². The van der Waals surface area contributed by atoms with E-state index in [0.717, 1.165) is 74.2 Å². The van der Waals surface area contributed by atoms with Gasteiger partial charge in [-0.1, -0.05) is 43.2 Å². The van der Waals surface area contributed by atoms with E-state index in [1.807, 2.05) is 48.5 Å². The third-order valence-corrected chi connectivity index (χ3v) is 8.71. The van der Waals surface area contributed by atoms with Gasteiger partial charge in [-0.05, 0) is 79.4 Å². The van der Waals surface area contributed by atoms with Crippen LogP contribution in [0.1, 0.15) is 49.1 Å². The number of hydrogen-bond acceptors (Lipinski definition) is 4. The lowest BCUT2D eigenvalue weighted by molar-refractivity contribution is -0.125. The van der Waals surface area contributed by atoms with Crippen molar-refractivity contribution in [3.05, 3.63) is 95.6 Å². The first-order valence-corrected chi connectivity index (χ1v) is 14.7. The third kappa shape index (κ3) is 5.84. The average molecular weight is 559 g/mol. The monoisotopic (exact) mass is 558 g/mol. The molecule has 3 amide bonds. The number of benzene rings is 3. The fourth-order valence-electron chi connectivity index (χ4n) is 6.66. The molecule has 3 aliphatic rings. The number of piperidine rings is 1. The SMILES string of the molecule is O=C1CN(CCCCCCN2CCC3C(C2)c2cc(F)ccc2N3c2ccc(F)cc2)C(=O)N1Cc1ccccc1. The van der Waals surface area contributed by atoms with Crippen LogP contribution in [0.4, 0.5) is 25.0 Å². The van der Waals surface area contributed by atoms with Gasteiger partial charge in [0.25, 0.3) is 5.91 Å². The summed E-state index contributed by atoms with van der Waals surface area (Å²) in [7, 11) is 0. The van der Waals surface area contributed by atoms with Crippen LogP contribution in [0.2, 0.25) is 0 Å². The van der Waals surface area contributed by atoms with Crippen molar-refractivity contribution in [1.29, 1.82) is 0 Å². The van der Waals surface area contributed by atoms with Gasteiger partial charge in [0, 0.05) is 43.0 Å². The smallest absolute Gasteiger partial charge is 0.327 e. The summed E-state index contributed by atoms with van der Waals surface area (Å²) < 4.78 is 27.9. The van der Waals surface area contributed by atoms with Crippen molar-refractivity contribution in [2.24, 2.45) is 0 Å². The number of likely N-dealkylation sites (tertiary alicyclic amines) is 1. The van der Waals surface area contributed by atoms with Crippen molar-refractivity contribution < 1.29 is 18.4 Å². The molecule has 0 spiro atoms. The predicted molar refractivity (Wildman–Crippen MR) is 155 cm³/mol. The highest BCUT2D eigenvalue weighted by atomic mass is 19.1. The van der Waals surface area contributed by atoms with Crippen LogP contribution in [-0.2, 0) is 11.3 Å². The number of urea groups is 1. The molecule has 2 saturated heterocycles. The number of imide groups is 1. The Bertz CT molecular complexity index is 1380. The van der Waals surface area contributed by atoms with E-state index in [4.69, 9.17) is 0 Å². The van der Waals surface area contributed by atoms with E-state index in [1.54, 1.807) is 11.0 Å². The Morgan fingerprint density at radius 3 is 2.32 bits per heavy atom. The standard InChI is InChI=1S/C33H36F2N4O2/c34-25-10-13-27(14-11-25)39-30-15-12-26(35)20-28(30)29-22-36(19-16-31(29)39)17-6-1-2-7-18-37-23-32(40)38(33(37)41)21-24-8-4-3-5-9-24/h3-5,8-15,20,29,31H,1-2,6-7,16-19,21-23H2.